The topological polar surface area (TPSA) is 8.17 Å². The first-order valence-corrected chi connectivity index (χ1v) is 23.4. The molecule has 0 radical (unpaired) electrons. The molecule has 67 heavy (non-hydrogen) atoms. The van der Waals surface area contributed by atoms with Gasteiger partial charge in [0.15, 0.2) is 0 Å². The Bertz CT molecular complexity index is 4170. The van der Waals surface area contributed by atoms with Crippen LogP contribution in [0.1, 0.15) is 25.0 Å². The van der Waals surface area contributed by atoms with Crippen molar-refractivity contribution in [3.8, 4) is 27.9 Å². The van der Waals surface area contributed by atoms with Crippen molar-refractivity contribution in [3.05, 3.63) is 242 Å². The summed E-state index contributed by atoms with van der Waals surface area (Å²) in [4.78, 5) is 2.49. The van der Waals surface area contributed by atoms with Crippen LogP contribution in [0.15, 0.2) is 231 Å². The number of para-hydroxylation sites is 2. The molecule has 0 atom stereocenters. The van der Waals surface area contributed by atoms with Gasteiger partial charge >= 0.3 is 0 Å². The summed E-state index contributed by atoms with van der Waals surface area (Å²) in [5.41, 5.74) is 14.7. The third kappa shape index (κ3) is 5.45. The summed E-state index contributed by atoms with van der Waals surface area (Å²) < 4.78 is 2.47. The smallest absolute Gasteiger partial charge is 0.0626 e. The van der Waals surface area contributed by atoms with Crippen molar-refractivity contribution < 1.29 is 0 Å². The molecule has 1 aliphatic carbocycles. The number of fused-ring (bicyclic) bond motifs is 16. The van der Waals surface area contributed by atoms with Gasteiger partial charge in [-0.15, -0.1) is 0 Å². The van der Waals surface area contributed by atoms with Crippen LogP contribution >= 0.6 is 0 Å². The zero-order chi connectivity index (χ0) is 44.4. The van der Waals surface area contributed by atoms with E-state index < -0.39 is 0 Å². The molecule has 0 amide bonds. The molecule has 2 nitrogen and oxygen atoms in total. The highest BCUT2D eigenvalue weighted by atomic mass is 15.1. The van der Waals surface area contributed by atoms with Gasteiger partial charge in [-0.1, -0.05) is 190 Å². The van der Waals surface area contributed by atoms with E-state index in [-0.39, 0.29) is 5.41 Å². The van der Waals surface area contributed by atoms with Gasteiger partial charge in [0.2, 0.25) is 0 Å². The maximum Gasteiger partial charge on any atom is 0.0626 e. The minimum absolute atomic E-state index is 0.133. The number of nitrogens with zero attached hydrogens (tertiary/aromatic N) is 2. The van der Waals surface area contributed by atoms with Gasteiger partial charge < -0.3 is 9.47 Å². The highest BCUT2D eigenvalue weighted by Crippen LogP contribution is 2.52. The first-order chi connectivity index (χ1) is 33.0. The van der Waals surface area contributed by atoms with Gasteiger partial charge in [-0.3, -0.25) is 0 Å². The summed E-state index contributed by atoms with van der Waals surface area (Å²) in [5.74, 6) is 0. The predicted molar refractivity (Wildman–Crippen MR) is 286 cm³/mol. The molecule has 0 unspecified atom stereocenters. The average molecular weight is 853 g/mol. The lowest BCUT2D eigenvalue weighted by molar-refractivity contribution is 0.660. The van der Waals surface area contributed by atoms with Crippen LogP contribution in [0.3, 0.4) is 0 Å². The number of hydrogen-bond donors (Lipinski definition) is 0. The van der Waals surface area contributed by atoms with Crippen LogP contribution in [0, 0.1) is 0 Å². The Hall–Kier alpha value is -8.46. The van der Waals surface area contributed by atoms with Crippen molar-refractivity contribution in [2.45, 2.75) is 19.3 Å². The first kappa shape index (κ1) is 37.9. The van der Waals surface area contributed by atoms with Crippen LogP contribution < -0.4 is 4.90 Å². The molecule has 0 saturated heterocycles. The Morgan fingerprint density at radius 3 is 1.73 bits per heavy atom. The molecular formula is C65H44N2. The number of rotatable bonds is 5. The summed E-state index contributed by atoms with van der Waals surface area (Å²) in [6.45, 7) is 4.74. The molecule has 0 N–H and O–H groups in total. The molecule has 314 valence electrons. The van der Waals surface area contributed by atoms with Crippen LogP contribution in [-0.2, 0) is 5.41 Å². The lowest BCUT2D eigenvalue weighted by Crippen LogP contribution is -2.16. The molecule has 0 aliphatic heterocycles. The van der Waals surface area contributed by atoms with Gasteiger partial charge in [0.05, 0.1) is 16.7 Å². The number of hydrogen-bond acceptors (Lipinski definition) is 1. The maximum absolute atomic E-state index is 2.49. The van der Waals surface area contributed by atoms with E-state index in [9.17, 15) is 0 Å². The second kappa shape index (κ2) is 14.3. The van der Waals surface area contributed by atoms with E-state index in [1.807, 2.05) is 0 Å². The van der Waals surface area contributed by atoms with Crippen molar-refractivity contribution in [1.82, 2.24) is 4.57 Å². The zero-order valence-corrected chi connectivity index (χ0v) is 37.3. The fourth-order valence-corrected chi connectivity index (χ4v) is 11.9. The van der Waals surface area contributed by atoms with Crippen molar-refractivity contribution in [3.63, 3.8) is 0 Å². The third-order valence-electron chi connectivity index (χ3n) is 14.9. The van der Waals surface area contributed by atoms with Crippen LogP contribution in [-0.4, -0.2) is 4.57 Å². The number of benzene rings is 12. The Morgan fingerprint density at radius 1 is 0.358 bits per heavy atom. The lowest BCUT2D eigenvalue weighted by atomic mass is 9.82. The van der Waals surface area contributed by atoms with Gasteiger partial charge in [0.25, 0.3) is 0 Å². The number of aromatic nitrogens is 1. The zero-order valence-electron chi connectivity index (χ0n) is 37.3. The molecule has 1 heterocycles. The van der Waals surface area contributed by atoms with E-state index in [1.165, 1.54) is 115 Å². The normalized spacial score (nSPS) is 13.0. The maximum atomic E-state index is 2.49. The van der Waals surface area contributed by atoms with Gasteiger partial charge in [-0.2, -0.15) is 0 Å². The molecule has 12 aromatic carbocycles. The first-order valence-electron chi connectivity index (χ1n) is 23.4. The fraction of sp³-hybridized carbons (Fsp3) is 0.0462. The quantitative estimate of drug-likeness (QED) is 0.157. The standard InChI is InChI=1S/C65H44N2/c1-65(2)58-30-16-14-25-50(58)51-37-36-45(39-59(51)65)66(61-38-42-18-6-7-21-46(42)47-22-8-11-26-52(47)61)44-34-32-41(33-35-44)56-40-57-49-24-10-13-28-54(49)64-63(62(57)53-27-12-9-23-48(53)56)55-29-15-17-31-60(55)67(64)43-19-4-3-5-20-43/h3-40H,1-2H3. The minimum Gasteiger partial charge on any atom is -0.310 e. The monoisotopic (exact) mass is 852 g/mol. The Morgan fingerprint density at radius 2 is 0.940 bits per heavy atom. The Labute approximate surface area is 389 Å². The third-order valence-corrected chi connectivity index (χ3v) is 14.9. The second-order valence-corrected chi connectivity index (χ2v) is 18.8. The molecule has 14 rings (SSSR count). The van der Waals surface area contributed by atoms with E-state index in [1.54, 1.807) is 0 Å². The molecule has 0 fully saturated rings. The molecule has 2 heteroatoms. The van der Waals surface area contributed by atoms with Crippen molar-refractivity contribution in [1.29, 1.82) is 0 Å². The summed E-state index contributed by atoms with van der Waals surface area (Å²) in [6.07, 6.45) is 0. The van der Waals surface area contributed by atoms with E-state index in [4.69, 9.17) is 0 Å². The van der Waals surface area contributed by atoms with E-state index >= 15 is 0 Å². The summed E-state index contributed by atoms with van der Waals surface area (Å²) in [7, 11) is 0. The van der Waals surface area contributed by atoms with Crippen LogP contribution in [0.5, 0.6) is 0 Å². The second-order valence-electron chi connectivity index (χ2n) is 18.8. The van der Waals surface area contributed by atoms with Crippen LogP contribution in [0.2, 0.25) is 0 Å². The molecule has 0 bridgehead atoms. The van der Waals surface area contributed by atoms with Gasteiger partial charge in [0.1, 0.15) is 0 Å². The van der Waals surface area contributed by atoms with Crippen molar-refractivity contribution in [2.24, 2.45) is 0 Å². The fourth-order valence-electron chi connectivity index (χ4n) is 11.9. The minimum atomic E-state index is -0.133. The van der Waals surface area contributed by atoms with Crippen LogP contribution in [0.4, 0.5) is 17.1 Å². The average Bonchev–Trinajstić information content (AvgIpc) is 3.85. The largest absolute Gasteiger partial charge is 0.310 e. The summed E-state index contributed by atoms with van der Waals surface area (Å²) >= 11 is 0. The SMILES string of the molecule is CC1(C)c2ccccc2-c2ccc(N(c3ccc(-c4cc5c6ccccc6c6c(c7ccccc7n6-c6ccccc6)c5c5ccccc45)cc3)c3cc4ccccc4c4ccccc34)cc21. The van der Waals surface area contributed by atoms with E-state index in [0.717, 1.165) is 17.1 Å². The van der Waals surface area contributed by atoms with Gasteiger partial charge in [-0.25, -0.2) is 0 Å². The van der Waals surface area contributed by atoms with Crippen molar-refractivity contribution in [2.75, 3.05) is 4.90 Å². The van der Waals surface area contributed by atoms with Crippen molar-refractivity contribution >= 4 is 92.7 Å². The molecule has 1 aliphatic rings. The highest BCUT2D eigenvalue weighted by Gasteiger charge is 2.36. The molecule has 0 spiro atoms. The molecule has 1 aromatic heterocycles. The van der Waals surface area contributed by atoms with E-state index in [0.29, 0.717) is 0 Å². The van der Waals surface area contributed by atoms with Gasteiger partial charge in [-0.05, 0) is 126 Å². The molecule has 0 saturated carbocycles. The lowest BCUT2D eigenvalue weighted by Gasteiger charge is -2.29. The van der Waals surface area contributed by atoms with E-state index in [2.05, 4.69) is 254 Å². The Balaban J connectivity index is 1.00. The summed E-state index contributed by atoms with van der Waals surface area (Å²) in [6, 6.07) is 85.7. The molecular weight excluding hydrogens is 809 g/mol. The number of anilines is 3. The van der Waals surface area contributed by atoms with Gasteiger partial charge in [0, 0.05) is 49.4 Å². The Kier molecular flexibility index (Phi) is 8.06. The summed E-state index contributed by atoms with van der Waals surface area (Å²) in [5, 5.41) is 15.1. The predicted octanol–water partition coefficient (Wildman–Crippen LogP) is 18.0. The molecule has 13 aromatic rings. The van der Waals surface area contributed by atoms with Crippen LogP contribution in [0.25, 0.3) is 104 Å². The highest BCUT2D eigenvalue weighted by molar-refractivity contribution is 6.38.